The van der Waals surface area contributed by atoms with Gasteiger partial charge in [0.2, 0.25) is 0 Å². The molecular weight excluding hydrogens is 226 g/mol. The minimum absolute atomic E-state index is 0.0387. The second-order valence-electron chi connectivity index (χ2n) is 5.41. The smallest absolute Gasteiger partial charge is 0.328 e. The number of ether oxygens (including phenoxy) is 1. The first kappa shape index (κ1) is 10.3. The molecule has 0 radical (unpaired) electrons. The van der Waals surface area contributed by atoms with Crippen LogP contribution in [0.25, 0.3) is 0 Å². The first-order valence-electron chi connectivity index (χ1n) is 6.47. The van der Waals surface area contributed by atoms with Gasteiger partial charge < -0.3 is 4.74 Å². The largest absolute Gasteiger partial charge is 0.459 e. The van der Waals surface area contributed by atoms with Crippen molar-refractivity contribution in [1.29, 1.82) is 0 Å². The molecule has 18 heavy (non-hydrogen) atoms. The molecule has 2 bridgehead atoms. The molecule has 4 rings (SSSR count). The summed E-state index contributed by atoms with van der Waals surface area (Å²) >= 11 is 0. The molecule has 1 aromatic rings. The van der Waals surface area contributed by atoms with Crippen molar-refractivity contribution in [1.82, 2.24) is 4.90 Å². The number of esters is 1. The molecular formula is C15H15NO2. The third-order valence-corrected chi connectivity index (χ3v) is 4.46. The van der Waals surface area contributed by atoms with Gasteiger partial charge >= 0.3 is 5.97 Å². The van der Waals surface area contributed by atoms with E-state index >= 15 is 0 Å². The summed E-state index contributed by atoms with van der Waals surface area (Å²) in [6.07, 6.45) is 5.51. The number of piperidine rings is 1. The summed E-state index contributed by atoms with van der Waals surface area (Å²) in [5.41, 5.74) is 0.752. The molecule has 0 saturated carbocycles. The molecule has 3 nitrogen and oxygen atoms in total. The molecule has 0 aromatic heterocycles. The second kappa shape index (κ2) is 3.45. The van der Waals surface area contributed by atoms with Crippen LogP contribution in [0.2, 0.25) is 0 Å². The number of fused-ring (bicyclic) bond motifs is 5. The van der Waals surface area contributed by atoms with Gasteiger partial charge in [-0.1, -0.05) is 42.5 Å². The Morgan fingerprint density at radius 3 is 2.89 bits per heavy atom. The van der Waals surface area contributed by atoms with Crippen molar-refractivity contribution < 1.29 is 9.53 Å². The van der Waals surface area contributed by atoms with E-state index in [-0.39, 0.29) is 11.5 Å². The zero-order chi connectivity index (χ0) is 12.2. The Balaban J connectivity index is 1.45. The van der Waals surface area contributed by atoms with Crippen LogP contribution in [-0.4, -0.2) is 29.0 Å². The predicted molar refractivity (Wildman–Crippen MR) is 66.7 cm³/mol. The third-order valence-electron chi connectivity index (χ3n) is 4.46. The van der Waals surface area contributed by atoms with Gasteiger partial charge in [-0.3, -0.25) is 4.90 Å². The Hall–Kier alpha value is -1.61. The molecule has 1 unspecified atom stereocenters. The summed E-state index contributed by atoms with van der Waals surface area (Å²) in [5.74, 6) is 0.342. The van der Waals surface area contributed by atoms with Gasteiger partial charge in [-0.2, -0.15) is 0 Å². The van der Waals surface area contributed by atoms with E-state index in [1.54, 1.807) is 0 Å². The number of hydrogen-bond donors (Lipinski definition) is 0. The lowest BCUT2D eigenvalue weighted by Gasteiger charge is -2.17. The number of nitrogens with zero attached hydrogens (tertiary/aromatic N) is 1. The Kier molecular flexibility index (Phi) is 1.98. The zero-order valence-corrected chi connectivity index (χ0v) is 10.1. The summed E-state index contributed by atoms with van der Waals surface area (Å²) in [6.45, 7) is 1.26. The van der Waals surface area contributed by atoms with E-state index in [9.17, 15) is 4.79 Å². The molecule has 3 aliphatic rings. The van der Waals surface area contributed by atoms with Crippen LogP contribution in [0.1, 0.15) is 12.0 Å². The Bertz CT molecular complexity index is 525. The summed E-state index contributed by atoms with van der Waals surface area (Å²) in [7, 11) is 0. The summed E-state index contributed by atoms with van der Waals surface area (Å²) in [5, 5.41) is 0. The minimum atomic E-state index is -0.297. The van der Waals surface area contributed by atoms with Gasteiger partial charge in [-0.25, -0.2) is 4.79 Å². The standard InChI is InChI=1S/C15H15NO2/c17-14(18-9-11-4-2-1-3-5-11)15-10-16(15)13-7-6-12(15)8-13/h1-7,12-13H,8-10H2/t12-,13+,15-,16?/m1/s1. The molecule has 92 valence electrons. The Morgan fingerprint density at radius 2 is 2.17 bits per heavy atom. The molecule has 2 fully saturated rings. The average Bonchev–Trinajstić information content (AvgIpc) is 2.92. The highest BCUT2D eigenvalue weighted by atomic mass is 16.5. The highest BCUT2D eigenvalue weighted by molar-refractivity contribution is 5.87. The van der Waals surface area contributed by atoms with Crippen LogP contribution < -0.4 is 0 Å². The lowest BCUT2D eigenvalue weighted by molar-refractivity contribution is -0.149. The quantitative estimate of drug-likeness (QED) is 0.458. The second-order valence-corrected chi connectivity index (χ2v) is 5.41. The van der Waals surface area contributed by atoms with E-state index in [1.807, 2.05) is 30.3 Å². The summed E-state index contributed by atoms with van der Waals surface area (Å²) in [4.78, 5) is 14.5. The molecule has 2 aliphatic heterocycles. The van der Waals surface area contributed by atoms with Crippen LogP contribution in [0.15, 0.2) is 42.5 Å². The van der Waals surface area contributed by atoms with E-state index in [2.05, 4.69) is 17.1 Å². The van der Waals surface area contributed by atoms with Crippen LogP contribution in [0.5, 0.6) is 0 Å². The molecule has 2 saturated heterocycles. The average molecular weight is 241 g/mol. The molecule has 2 heterocycles. The van der Waals surface area contributed by atoms with Gasteiger partial charge in [0.25, 0.3) is 0 Å². The fourth-order valence-electron chi connectivity index (χ4n) is 3.41. The van der Waals surface area contributed by atoms with Gasteiger partial charge in [0, 0.05) is 18.5 Å². The van der Waals surface area contributed by atoms with Crippen LogP contribution in [0.3, 0.4) is 0 Å². The number of hydrogen-bond acceptors (Lipinski definition) is 3. The van der Waals surface area contributed by atoms with Crippen molar-refractivity contribution in [3.63, 3.8) is 0 Å². The number of carbonyl (C=O) groups excluding carboxylic acids is 1. The van der Waals surface area contributed by atoms with Crippen LogP contribution in [-0.2, 0) is 16.1 Å². The fourth-order valence-corrected chi connectivity index (χ4v) is 3.41. The van der Waals surface area contributed by atoms with Gasteiger partial charge in [-0.05, 0) is 12.0 Å². The molecule has 1 aliphatic carbocycles. The molecule has 3 heteroatoms. The van der Waals surface area contributed by atoms with Gasteiger partial charge in [-0.15, -0.1) is 0 Å². The topological polar surface area (TPSA) is 29.3 Å². The van der Waals surface area contributed by atoms with Crippen LogP contribution >= 0.6 is 0 Å². The monoisotopic (exact) mass is 241 g/mol. The molecule has 4 atom stereocenters. The maximum absolute atomic E-state index is 12.3. The molecule has 1 aromatic carbocycles. The maximum atomic E-state index is 12.3. The first-order valence-corrected chi connectivity index (χ1v) is 6.47. The van der Waals surface area contributed by atoms with Crippen molar-refractivity contribution in [3.8, 4) is 0 Å². The maximum Gasteiger partial charge on any atom is 0.328 e. The van der Waals surface area contributed by atoms with E-state index in [1.165, 1.54) is 0 Å². The van der Waals surface area contributed by atoms with E-state index in [0.717, 1.165) is 18.5 Å². The first-order chi connectivity index (χ1) is 8.80. The van der Waals surface area contributed by atoms with Gasteiger partial charge in [0.1, 0.15) is 12.1 Å². The van der Waals surface area contributed by atoms with Gasteiger partial charge in [0.15, 0.2) is 0 Å². The van der Waals surface area contributed by atoms with E-state index < -0.39 is 0 Å². The Labute approximate surface area is 106 Å². The number of carbonyl (C=O) groups is 1. The van der Waals surface area contributed by atoms with E-state index in [4.69, 9.17) is 4.74 Å². The highest BCUT2D eigenvalue weighted by Crippen LogP contribution is 2.55. The van der Waals surface area contributed by atoms with Crippen molar-refractivity contribution in [2.75, 3.05) is 6.54 Å². The minimum Gasteiger partial charge on any atom is -0.459 e. The Morgan fingerprint density at radius 1 is 1.33 bits per heavy atom. The van der Waals surface area contributed by atoms with Crippen molar-refractivity contribution >= 4 is 5.97 Å². The van der Waals surface area contributed by atoms with Crippen LogP contribution in [0, 0.1) is 5.92 Å². The van der Waals surface area contributed by atoms with Crippen molar-refractivity contribution in [2.24, 2.45) is 5.92 Å². The number of rotatable bonds is 3. The summed E-state index contributed by atoms with van der Waals surface area (Å²) < 4.78 is 5.49. The van der Waals surface area contributed by atoms with Crippen molar-refractivity contribution in [3.05, 3.63) is 48.0 Å². The lowest BCUT2D eigenvalue weighted by atomic mass is 9.93. The number of benzene rings is 1. The summed E-state index contributed by atoms with van der Waals surface area (Å²) in [6, 6.07) is 10.3. The molecule has 0 spiro atoms. The zero-order valence-electron chi connectivity index (χ0n) is 10.1. The van der Waals surface area contributed by atoms with Crippen molar-refractivity contribution in [2.45, 2.75) is 24.6 Å². The van der Waals surface area contributed by atoms with E-state index in [0.29, 0.717) is 18.6 Å². The third kappa shape index (κ3) is 1.25. The normalized spacial score (nSPS) is 38.6. The predicted octanol–water partition coefficient (Wildman–Crippen LogP) is 1.74. The fraction of sp³-hybridized carbons (Fsp3) is 0.400. The van der Waals surface area contributed by atoms with Gasteiger partial charge in [0.05, 0.1) is 0 Å². The lowest BCUT2D eigenvalue weighted by Crippen LogP contribution is -2.35. The SMILES string of the molecule is O=C(OCc1ccccc1)[C@]12CN1[C@H]1C=C[C@@H]2C1. The molecule has 0 N–H and O–H groups in total. The highest BCUT2D eigenvalue weighted by Gasteiger charge is 2.71. The molecule has 0 amide bonds. The van der Waals surface area contributed by atoms with Crippen LogP contribution in [0.4, 0.5) is 0 Å².